The van der Waals surface area contributed by atoms with Crippen molar-refractivity contribution in [2.45, 2.75) is 65.8 Å². The van der Waals surface area contributed by atoms with Gasteiger partial charge in [-0.15, -0.1) is 6.58 Å². The Kier molecular flexibility index (Phi) is 5.10. The lowest BCUT2D eigenvalue weighted by atomic mass is 9.43. The second-order valence-electron chi connectivity index (χ2n) is 9.06. The summed E-state index contributed by atoms with van der Waals surface area (Å²) in [5.74, 6) is -5.36. The quantitative estimate of drug-likeness (QED) is 0.409. The topological polar surface area (TPSA) is 94.8 Å². The van der Waals surface area contributed by atoms with Crippen LogP contribution in [0.4, 0.5) is 0 Å². The highest BCUT2D eigenvalue weighted by Crippen LogP contribution is 2.64. The molecule has 0 aliphatic heterocycles. The fourth-order valence-electron chi connectivity index (χ4n) is 5.55. The van der Waals surface area contributed by atoms with Crippen molar-refractivity contribution < 1.29 is 24.9 Å². The molecule has 142 valence electrons. The third kappa shape index (κ3) is 2.81. The van der Waals surface area contributed by atoms with Gasteiger partial charge in [-0.05, 0) is 36.5 Å². The van der Waals surface area contributed by atoms with E-state index < -0.39 is 40.7 Å². The van der Waals surface area contributed by atoms with Crippen molar-refractivity contribution in [3.05, 3.63) is 12.7 Å². The number of fused-ring (bicyclic) bond motifs is 1. The van der Waals surface area contributed by atoms with Gasteiger partial charge in [0.25, 0.3) is 0 Å². The predicted octanol–water partition coefficient (Wildman–Crippen LogP) is 2.09. The molecule has 2 aliphatic rings. The highest BCUT2D eigenvalue weighted by Gasteiger charge is 2.69. The van der Waals surface area contributed by atoms with Gasteiger partial charge < -0.3 is 15.3 Å². The fourth-order valence-corrected chi connectivity index (χ4v) is 5.55. The van der Waals surface area contributed by atoms with Gasteiger partial charge in [-0.3, -0.25) is 9.59 Å². The number of rotatable bonds is 4. The van der Waals surface area contributed by atoms with Crippen LogP contribution in [0.3, 0.4) is 0 Å². The molecule has 0 aromatic heterocycles. The van der Waals surface area contributed by atoms with E-state index in [2.05, 4.69) is 6.58 Å². The second kappa shape index (κ2) is 6.29. The van der Waals surface area contributed by atoms with Crippen molar-refractivity contribution in [2.24, 2.45) is 34.5 Å². The van der Waals surface area contributed by atoms with Gasteiger partial charge in [0.15, 0.2) is 5.79 Å². The molecule has 2 saturated carbocycles. The first-order valence-electron chi connectivity index (χ1n) is 9.15. The first-order valence-corrected chi connectivity index (χ1v) is 9.15. The third-order valence-corrected chi connectivity index (χ3v) is 7.06. The molecule has 2 aliphatic carbocycles. The minimum absolute atomic E-state index is 0.172. The molecule has 1 unspecified atom stereocenters. The lowest BCUT2D eigenvalue weighted by molar-refractivity contribution is -0.356. The summed E-state index contributed by atoms with van der Waals surface area (Å²) in [5.41, 5.74) is -1.66. The van der Waals surface area contributed by atoms with Crippen LogP contribution in [0.2, 0.25) is 0 Å². The Hall–Kier alpha value is -1.04. The first kappa shape index (κ1) is 20.3. The summed E-state index contributed by atoms with van der Waals surface area (Å²) in [6, 6.07) is 0. The molecule has 0 saturated heterocycles. The molecular formula is C20H32O5. The lowest BCUT2D eigenvalue weighted by Gasteiger charge is -2.64. The molecule has 3 N–H and O–H groups in total. The van der Waals surface area contributed by atoms with Crippen molar-refractivity contribution >= 4 is 11.6 Å². The summed E-state index contributed by atoms with van der Waals surface area (Å²) in [6.07, 6.45) is 1.78. The number of hydrogen-bond donors (Lipinski definition) is 3. The SMILES string of the molecule is C=C[C@@H](C)C(=O)C(=O)[C@H]1[C@@H](C)CC[C@H]2C(C)(C)CC(O)C(O)(O)[C@]12C. The molecule has 2 rings (SSSR count). The normalized spacial score (nSPS) is 40.6. The van der Waals surface area contributed by atoms with Gasteiger partial charge in [0, 0.05) is 17.3 Å². The molecule has 6 atom stereocenters. The molecule has 25 heavy (non-hydrogen) atoms. The highest BCUT2D eigenvalue weighted by atomic mass is 16.5. The number of aliphatic hydroxyl groups is 3. The van der Waals surface area contributed by atoms with Crippen LogP contribution >= 0.6 is 0 Å². The van der Waals surface area contributed by atoms with E-state index in [0.717, 1.165) is 12.8 Å². The number of hydrogen-bond acceptors (Lipinski definition) is 5. The van der Waals surface area contributed by atoms with Gasteiger partial charge in [0.1, 0.15) is 6.10 Å². The number of Topliss-reactive ketones (excluding diaryl/α,β-unsaturated/α-hetero) is 2. The predicted molar refractivity (Wildman–Crippen MR) is 94.4 cm³/mol. The smallest absolute Gasteiger partial charge is 0.205 e. The number of carbonyl (C=O) groups excluding carboxylic acids is 2. The molecule has 0 amide bonds. The molecule has 5 nitrogen and oxygen atoms in total. The summed E-state index contributed by atoms with van der Waals surface area (Å²) in [5, 5.41) is 32.2. The Morgan fingerprint density at radius 2 is 1.76 bits per heavy atom. The number of carbonyl (C=O) groups is 2. The van der Waals surface area contributed by atoms with E-state index in [9.17, 15) is 24.9 Å². The van der Waals surface area contributed by atoms with E-state index in [4.69, 9.17) is 0 Å². The van der Waals surface area contributed by atoms with E-state index in [0.29, 0.717) is 0 Å². The number of ketones is 2. The van der Waals surface area contributed by atoms with E-state index in [-0.39, 0.29) is 23.7 Å². The maximum Gasteiger partial charge on any atom is 0.205 e. The standard InChI is InChI=1S/C20H32O5/c1-7-11(2)16(22)17(23)15-12(3)8-9-13-18(4,5)10-14(21)20(24,25)19(13,15)6/h7,11-15,21,24-25H,1,8-10H2,2-6H3/t11-,12+,13+,14?,15-,19+/m1/s1. The summed E-state index contributed by atoms with van der Waals surface area (Å²) in [6.45, 7) is 12.7. The van der Waals surface area contributed by atoms with Gasteiger partial charge in [-0.1, -0.05) is 40.7 Å². The van der Waals surface area contributed by atoms with Gasteiger partial charge in [0.2, 0.25) is 11.6 Å². The molecule has 0 aromatic carbocycles. The van der Waals surface area contributed by atoms with E-state index in [1.54, 1.807) is 13.8 Å². The van der Waals surface area contributed by atoms with E-state index >= 15 is 0 Å². The summed E-state index contributed by atoms with van der Waals surface area (Å²) in [7, 11) is 0. The number of allylic oxidation sites excluding steroid dienone is 1. The zero-order valence-corrected chi connectivity index (χ0v) is 16.0. The number of aliphatic hydroxyl groups excluding tert-OH is 1. The zero-order valence-electron chi connectivity index (χ0n) is 16.0. The van der Waals surface area contributed by atoms with Gasteiger partial charge in [-0.25, -0.2) is 0 Å². The molecule has 0 heterocycles. The summed E-state index contributed by atoms with van der Waals surface area (Å²) >= 11 is 0. The Labute approximate surface area is 150 Å². The minimum Gasteiger partial charge on any atom is -0.387 e. The van der Waals surface area contributed by atoms with Crippen molar-refractivity contribution in [1.29, 1.82) is 0 Å². The van der Waals surface area contributed by atoms with Crippen LogP contribution in [0.25, 0.3) is 0 Å². The maximum absolute atomic E-state index is 13.1. The third-order valence-electron chi connectivity index (χ3n) is 7.06. The second-order valence-corrected chi connectivity index (χ2v) is 9.06. The zero-order chi connectivity index (χ0) is 19.4. The Morgan fingerprint density at radius 1 is 1.20 bits per heavy atom. The molecule has 2 fully saturated rings. The fraction of sp³-hybridized carbons (Fsp3) is 0.800. The van der Waals surface area contributed by atoms with Crippen molar-refractivity contribution in [3.63, 3.8) is 0 Å². The van der Waals surface area contributed by atoms with E-state index in [1.165, 1.54) is 6.08 Å². The summed E-state index contributed by atoms with van der Waals surface area (Å²) in [4.78, 5) is 25.6. The van der Waals surface area contributed by atoms with E-state index in [1.807, 2.05) is 20.8 Å². The molecule has 0 spiro atoms. The van der Waals surface area contributed by atoms with Crippen LogP contribution in [-0.2, 0) is 9.59 Å². The Balaban J connectivity index is 2.59. The Morgan fingerprint density at radius 3 is 2.28 bits per heavy atom. The van der Waals surface area contributed by atoms with Crippen LogP contribution in [0.1, 0.15) is 53.9 Å². The molecule has 5 heteroatoms. The Bertz CT molecular complexity index is 579. The maximum atomic E-state index is 13.1. The first-order chi connectivity index (χ1) is 11.3. The van der Waals surface area contributed by atoms with Crippen LogP contribution in [0.5, 0.6) is 0 Å². The van der Waals surface area contributed by atoms with Crippen LogP contribution < -0.4 is 0 Å². The average molecular weight is 352 g/mol. The van der Waals surface area contributed by atoms with Crippen LogP contribution in [0, 0.1) is 34.5 Å². The van der Waals surface area contributed by atoms with Crippen molar-refractivity contribution in [3.8, 4) is 0 Å². The molecule has 0 bridgehead atoms. The molecule has 0 radical (unpaired) electrons. The van der Waals surface area contributed by atoms with Gasteiger partial charge in [-0.2, -0.15) is 0 Å². The van der Waals surface area contributed by atoms with Gasteiger partial charge in [0.05, 0.1) is 0 Å². The largest absolute Gasteiger partial charge is 0.387 e. The monoisotopic (exact) mass is 352 g/mol. The lowest BCUT2D eigenvalue weighted by Crippen LogP contribution is -2.71. The van der Waals surface area contributed by atoms with Crippen molar-refractivity contribution in [1.82, 2.24) is 0 Å². The minimum atomic E-state index is -2.42. The highest BCUT2D eigenvalue weighted by molar-refractivity contribution is 6.39. The summed E-state index contributed by atoms with van der Waals surface area (Å²) < 4.78 is 0. The molecular weight excluding hydrogens is 320 g/mol. The van der Waals surface area contributed by atoms with Gasteiger partial charge >= 0.3 is 0 Å². The van der Waals surface area contributed by atoms with Crippen LogP contribution in [-0.4, -0.2) is 38.8 Å². The average Bonchev–Trinajstić information content (AvgIpc) is 2.51. The van der Waals surface area contributed by atoms with Crippen molar-refractivity contribution in [2.75, 3.05) is 0 Å². The van der Waals surface area contributed by atoms with Crippen LogP contribution in [0.15, 0.2) is 12.7 Å². The molecule has 0 aromatic rings.